The molecule has 0 saturated carbocycles. The van der Waals surface area contributed by atoms with Crippen LogP contribution in [-0.4, -0.2) is 34.0 Å². The molecular weight excluding hydrogens is 454 g/mol. The Morgan fingerprint density at radius 3 is 2.68 bits per heavy atom. The van der Waals surface area contributed by atoms with Crippen LogP contribution in [0.1, 0.15) is 53.9 Å². The predicted molar refractivity (Wildman–Crippen MR) is 156 cm³/mol. The van der Waals surface area contributed by atoms with Crippen molar-refractivity contribution in [3.63, 3.8) is 0 Å². The minimum absolute atomic E-state index is 0.0117. The number of aromatic nitrogens is 2. The number of nitrogens with one attached hydrogen (secondary N) is 3. The summed E-state index contributed by atoms with van der Waals surface area (Å²) in [6, 6.07) is 23.7. The second kappa shape index (κ2) is 10.6. The van der Waals surface area contributed by atoms with Crippen molar-refractivity contribution < 1.29 is 0 Å². The van der Waals surface area contributed by atoms with Gasteiger partial charge in [0.15, 0.2) is 0 Å². The second-order valence-corrected chi connectivity index (χ2v) is 10.2. The van der Waals surface area contributed by atoms with Crippen LogP contribution in [0.2, 0.25) is 0 Å². The normalized spacial score (nSPS) is 16.1. The number of rotatable bonds is 9. The Labute approximate surface area is 220 Å². The predicted octanol–water partition coefficient (Wildman–Crippen LogP) is 7.05. The third-order valence-electron chi connectivity index (χ3n) is 7.38. The highest BCUT2D eigenvalue weighted by atomic mass is 15.2. The first-order valence-corrected chi connectivity index (χ1v) is 13.2. The van der Waals surface area contributed by atoms with Crippen LogP contribution in [0.3, 0.4) is 0 Å². The summed E-state index contributed by atoms with van der Waals surface area (Å²) in [4.78, 5) is 10.7. The Balaban J connectivity index is 1.24. The van der Waals surface area contributed by atoms with Crippen LogP contribution in [-0.2, 0) is 0 Å². The number of imidazole rings is 1. The first-order valence-electron chi connectivity index (χ1n) is 13.2. The standard InChI is InChI=1S/C32H37N5/c1-21-13-16-30-31(18-21)36-32(35-30)24(4)34-23(3)26-14-15-29(22(2)19-26)25(5)37-17-9-12-28(37)20-33-27-10-7-6-8-11-27/h6-8,10-11,13-16,18-19,24,28,33-34H,3,5,9,12,17,20H2,1-2,4H3,(H,35,36)/t24?,28-/m0/s1. The lowest BCUT2D eigenvalue weighted by molar-refractivity contribution is 0.383. The maximum atomic E-state index is 4.76. The molecule has 0 amide bonds. The number of anilines is 1. The molecule has 1 aliphatic heterocycles. The molecule has 2 heterocycles. The summed E-state index contributed by atoms with van der Waals surface area (Å²) >= 11 is 0. The molecule has 37 heavy (non-hydrogen) atoms. The van der Waals surface area contributed by atoms with Gasteiger partial charge in [0.05, 0.1) is 17.1 Å². The summed E-state index contributed by atoms with van der Waals surface area (Å²) in [7, 11) is 0. The van der Waals surface area contributed by atoms with Gasteiger partial charge in [-0.25, -0.2) is 4.98 Å². The van der Waals surface area contributed by atoms with Crippen LogP contribution in [0.15, 0.2) is 79.9 Å². The van der Waals surface area contributed by atoms with Crippen LogP contribution in [0, 0.1) is 13.8 Å². The SMILES string of the molecule is C=C(NC(C)c1nc2ccc(C)cc2[nH]1)c1ccc(C(=C)N2CCC[C@H]2CNc2ccccc2)c(C)c1. The van der Waals surface area contributed by atoms with E-state index in [1.807, 2.05) is 6.07 Å². The van der Waals surface area contributed by atoms with E-state index < -0.39 is 0 Å². The number of para-hydroxylation sites is 1. The number of likely N-dealkylation sites (tertiary alicyclic amines) is 1. The molecule has 0 spiro atoms. The molecule has 5 heteroatoms. The van der Waals surface area contributed by atoms with Crippen molar-refractivity contribution in [3.05, 3.63) is 108 Å². The molecule has 5 rings (SSSR count). The smallest absolute Gasteiger partial charge is 0.129 e. The second-order valence-electron chi connectivity index (χ2n) is 10.2. The van der Waals surface area contributed by atoms with E-state index in [2.05, 4.69) is 115 Å². The molecule has 5 nitrogen and oxygen atoms in total. The fourth-order valence-corrected chi connectivity index (χ4v) is 5.29. The molecule has 1 aromatic heterocycles. The fourth-order valence-electron chi connectivity index (χ4n) is 5.29. The van der Waals surface area contributed by atoms with E-state index in [4.69, 9.17) is 4.98 Å². The van der Waals surface area contributed by atoms with E-state index in [-0.39, 0.29) is 6.04 Å². The average Bonchev–Trinajstić information content (AvgIpc) is 3.54. The van der Waals surface area contributed by atoms with Gasteiger partial charge in [-0.2, -0.15) is 0 Å². The minimum Gasteiger partial charge on any atom is -0.383 e. The molecule has 1 fully saturated rings. The van der Waals surface area contributed by atoms with E-state index in [1.54, 1.807) is 0 Å². The van der Waals surface area contributed by atoms with Gasteiger partial charge in [-0.1, -0.05) is 49.6 Å². The number of nitrogens with zero attached hydrogens (tertiary/aromatic N) is 2. The lowest BCUT2D eigenvalue weighted by Gasteiger charge is -2.30. The number of H-pyrrole nitrogens is 1. The summed E-state index contributed by atoms with van der Waals surface area (Å²) in [5, 5.41) is 7.12. The molecule has 0 bridgehead atoms. The largest absolute Gasteiger partial charge is 0.383 e. The number of hydrogen-bond donors (Lipinski definition) is 3. The third kappa shape index (κ3) is 5.41. The molecule has 3 N–H and O–H groups in total. The number of fused-ring (bicyclic) bond motifs is 1. The van der Waals surface area contributed by atoms with Crippen LogP contribution >= 0.6 is 0 Å². The summed E-state index contributed by atoms with van der Waals surface area (Å²) in [5.41, 5.74) is 9.90. The monoisotopic (exact) mass is 491 g/mol. The van der Waals surface area contributed by atoms with Crippen molar-refractivity contribution >= 4 is 28.1 Å². The minimum atomic E-state index is 0.0117. The van der Waals surface area contributed by atoms with Crippen molar-refractivity contribution in [1.82, 2.24) is 20.2 Å². The van der Waals surface area contributed by atoms with Gasteiger partial charge >= 0.3 is 0 Å². The van der Waals surface area contributed by atoms with Gasteiger partial charge in [-0.3, -0.25) is 0 Å². The number of benzene rings is 3. The lowest BCUT2D eigenvalue weighted by Crippen LogP contribution is -2.33. The topological polar surface area (TPSA) is 56.0 Å². The van der Waals surface area contributed by atoms with Gasteiger partial charge in [0.25, 0.3) is 0 Å². The molecule has 1 unspecified atom stereocenters. The Hall–Kier alpha value is -3.99. The molecule has 190 valence electrons. The fraction of sp³-hybridized carbons (Fsp3) is 0.281. The Kier molecular flexibility index (Phi) is 7.04. The van der Waals surface area contributed by atoms with Crippen molar-refractivity contribution in [2.24, 2.45) is 0 Å². The maximum absolute atomic E-state index is 4.76. The van der Waals surface area contributed by atoms with Crippen LogP contribution in [0.4, 0.5) is 5.69 Å². The molecule has 4 aromatic rings. The Morgan fingerprint density at radius 2 is 1.89 bits per heavy atom. The van der Waals surface area contributed by atoms with Crippen molar-refractivity contribution in [1.29, 1.82) is 0 Å². The van der Waals surface area contributed by atoms with Crippen LogP contribution in [0.5, 0.6) is 0 Å². The first-order chi connectivity index (χ1) is 17.9. The summed E-state index contributed by atoms with van der Waals surface area (Å²) < 4.78 is 0. The van der Waals surface area contributed by atoms with Gasteiger partial charge in [-0.05, 0) is 80.6 Å². The summed E-state index contributed by atoms with van der Waals surface area (Å²) in [5.74, 6) is 0.910. The zero-order chi connectivity index (χ0) is 25.9. The quantitative estimate of drug-likeness (QED) is 0.235. The molecular formula is C32H37N5. The lowest BCUT2D eigenvalue weighted by atomic mass is 10.0. The molecule has 3 aromatic carbocycles. The van der Waals surface area contributed by atoms with Gasteiger partial charge in [0, 0.05) is 41.8 Å². The van der Waals surface area contributed by atoms with Crippen molar-refractivity contribution in [3.8, 4) is 0 Å². The van der Waals surface area contributed by atoms with Gasteiger partial charge in [-0.15, -0.1) is 0 Å². The van der Waals surface area contributed by atoms with Gasteiger partial charge in [0.2, 0.25) is 0 Å². The van der Waals surface area contributed by atoms with E-state index >= 15 is 0 Å². The average molecular weight is 492 g/mol. The van der Waals surface area contributed by atoms with Crippen LogP contribution in [0.25, 0.3) is 22.4 Å². The number of aryl methyl sites for hydroxylation is 2. The van der Waals surface area contributed by atoms with E-state index in [1.165, 1.54) is 35.2 Å². The van der Waals surface area contributed by atoms with Gasteiger partial charge < -0.3 is 20.5 Å². The van der Waals surface area contributed by atoms with Crippen molar-refractivity contribution in [2.75, 3.05) is 18.4 Å². The molecule has 1 aliphatic rings. The zero-order valence-corrected chi connectivity index (χ0v) is 22.1. The van der Waals surface area contributed by atoms with Crippen LogP contribution < -0.4 is 10.6 Å². The highest BCUT2D eigenvalue weighted by Crippen LogP contribution is 2.31. The third-order valence-corrected chi connectivity index (χ3v) is 7.38. The van der Waals surface area contributed by atoms with Gasteiger partial charge in [0.1, 0.15) is 5.82 Å². The van der Waals surface area contributed by atoms with E-state index in [0.717, 1.165) is 46.9 Å². The Bertz CT molecular complexity index is 1420. The molecule has 2 atom stereocenters. The molecule has 1 saturated heterocycles. The summed E-state index contributed by atoms with van der Waals surface area (Å²) in [6.07, 6.45) is 2.37. The van der Waals surface area contributed by atoms with Crippen molar-refractivity contribution in [2.45, 2.75) is 45.7 Å². The highest BCUT2D eigenvalue weighted by Gasteiger charge is 2.26. The summed E-state index contributed by atoms with van der Waals surface area (Å²) in [6.45, 7) is 17.2. The molecule has 0 aliphatic carbocycles. The first kappa shape index (κ1) is 24.7. The number of hydrogen-bond acceptors (Lipinski definition) is 4. The Morgan fingerprint density at radius 1 is 1.08 bits per heavy atom. The maximum Gasteiger partial charge on any atom is 0.129 e. The zero-order valence-electron chi connectivity index (χ0n) is 22.1. The molecule has 0 radical (unpaired) electrons. The highest BCUT2D eigenvalue weighted by molar-refractivity contribution is 5.76. The van der Waals surface area contributed by atoms with E-state index in [9.17, 15) is 0 Å². The number of aromatic amines is 1. The van der Waals surface area contributed by atoms with E-state index in [0.29, 0.717) is 6.04 Å².